The second-order valence-electron chi connectivity index (χ2n) is 7.40. The molecule has 0 saturated carbocycles. The molecular formula is C25H23N3O5S. The molecule has 1 aliphatic heterocycles. The number of aromatic nitrogens is 2. The number of aryl methyl sites for hydroxylation is 1. The van der Waals surface area contributed by atoms with E-state index in [-0.39, 0.29) is 10.7 Å². The summed E-state index contributed by atoms with van der Waals surface area (Å²) < 4.78 is 11.1. The SMILES string of the molecule is CCOc1ccc(C2C(C(=O)C=Cc3ccccc3)=C(O)C(=O)N2c2nnc(C)s2)cc1OC. The van der Waals surface area contributed by atoms with Crippen molar-refractivity contribution in [2.75, 3.05) is 18.6 Å². The zero-order valence-corrected chi connectivity index (χ0v) is 19.7. The van der Waals surface area contributed by atoms with Crippen molar-refractivity contribution in [1.82, 2.24) is 10.2 Å². The number of ketones is 1. The number of ether oxygens (including phenoxy) is 2. The molecule has 9 heteroatoms. The molecule has 1 unspecified atom stereocenters. The molecule has 8 nitrogen and oxygen atoms in total. The number of allylic oxidation sites excluding steroid dienone is 1. The van der Waals surface area contributed by atoms with Gasteiger partial charge in [0.2, 0.25) is 5.13 Å². The van der Waals surface area contributed by atoms with Gasteiger partial charge in [-0.25, -0.2) is 0 Å². The van der Waals surface area contributed by atoms with Crippen LogP contribution in [0.4, 0.5) is 5.13 Å². The maximum Gasteiger partial charge on any atom is 0.296 e. The summed E-state index contributed by atoms with van der Waals surface area (Å²) in [5, 5.41) is 19.8. The molecule has 1 aromatic heterocycles. The smallest absolute Gasteiger partial charge is 0.296 e. The van der Waals surface area contributed by atoms with E-state index in [1.54, 1.807) is 31.2 Å². The number of anilines is 1. The van der Waals surface area contributed by atoms with Gasteiger partial charge >= 0.3 is 0 Å². The topological polar surface area (TPSA) is 102 Å². The van der Waals surface area contributed by atoms with Crippen LogP contribution in [0.5, 0.6) is 11.5 Å². The number of amides is 1. The Kier molecular flexibility index (Phi) is 6.74. The maximum absolute atomic E-state index is 13.3. The third-order valence-corrected chi connectivity index (χ3v) is 6.06. The van der Waals surface area contributed by atoms with Crippen molar-refractivity contribution >= 4 is 34.2 Å². The van der Waals surface area contributed by atoms with Crippen LogP contribution in [0.15, 0.2) is 65.9 Å². The van der Waals surface area contributed by atoms with Crippen LogP contribution < -0.4 is 14.4 Å². The summed E-state index contributed by atoms with van der Waals surface area (Å²) in [6, 6.07) is 13.5. The van der Waals surface area contributed by atoms with Crippen LogP contribution in [0.25, 0.3) is 6.08 Å². The lowest BCUT2D eigenvalue weighted by molar-refractivity contribution is -0.117. The molecule has 0 fully saturated rings. The van der Waals surface area contributed by atoms with Crippen molar-refractivity contribution in [3.8, 4) is 11.5 Å². The summed E-state index contributed by atoms with van der Waals surface area (Å²) in [5.41, 5.74) is 1.33. The minimum absolute atomic E-state index is 0.0451. The lowest BCUT2D eigenvalue weighted by Gasteiger charge is -2.24. The van der Waals surface area contributed by atoms with Crippen molar-refractivity contribution in [3.05, 3.63) is 82.1 Å². The number of benzene rings is 2. The molecule has 0 aliphatic carbocycles. The van der Waals surface area contributed by atoms with Crippen LogP contribution in [0, 0.1) is 6.92 Å². The highest BCUT2D eigenvalue weighted by Gasteiger charge is 2.45. The Morgan fingerprint density at radius 3 is 2.59 bits per heavy atom. The highest BCUT2D eigenvalue weighted by atomic mass is 32.1. The van der Waals surface area contributed by atoms with Gasteiger partial charge in [-0.3, -0.25) is 14.5 Å². The molecule has 0 spiro atoms. The maximum atomic E-state index is 13.3. The monoisotopic (exact) mass is 477 g/mol. The quantitative estimate of drug-likeness (QED) is 0.479. The molecule has 174 valence electrons. The predicted octanol–water partition coefficient (Wildman–Crippen LogP) is 4.44. The summed E-state index contributed by atoms with van der Waals surface area (Å²) in [6.07, 6.45) is 2.99. The van der Waals surface area contributed by atoms with E-state index in [1.807, 2.05) is 37.3 Å². The number of aliphatic hydroxyl groups excluding tert-OH is 1. The Bertz CT molecular complexity index is 1280. The summed E-state index contributed by atoms with van der Waals surface area (Å²) in [6.45, 7) is 4.07. The Morgan fingerprint density at radius 1 is 1.18 bits per heavy atom. The molecule has 0 bridgehead atoms. The molecule has 2 aromatic carbocycles. The first-order valence-electron chi connectivity index (χ1n) is 10.6. The first kappa shape index (κ1) is 23.2. The van der Waals surface area contributed by atoms with E-state index in [2.05, 4.69) is 10.2 Å². The van der Waals surface area contributed by atoms with Crippen molar-refractivity contribution in [2.24, 2.45) is 0 Å². The molecule has 1 amide bonds. The van der Waals surface area contributed by atoms with Gasteiger partial charge in [-0.15, -0.1) is 10.2 Å². The number of rotatable bonds is 8. The molecule has 3 aromatic rings. The highest BCUT2D eigenvalue weighted by molar-refractivity contribution is 7.15. The average molecular weight is 478 g/mol. The molecule has 0 saturated heterocycles. The van der Waals surface area contributed by atoms with E-state index >= 15 is 0 Å². The first-order valence-corrected chi connectivity index (χ1v) is 11.4. The van der Waals surface area contributed by atoms with Crippen LogP contribution >= 0.6 is 11.3 Å². The summed E-state index contributed by atoms with van der Waals surface area (Å²) in [4.78, 5) is 27.7. The van der Waals surface area contributed by atoms with Gasteiger partial charge in [0.1, 0.15) is 5.01 Å². The molecule has 0 radical (unpaired) electrons. The fraction of sp³-hybridized carbons (Fsp3) is 0.200. The van der Waals surface area contributed by atoms with Gasteiger partial charge in [0, 0.05) is 0 Å². The van der Waals surface area contributed by atoms with Gasteiger partial charge in [0.15, 0.2) is 23.0 Å². The van der Waals surface area contributed by atoms with Gasteiger partial charge in [-0.1, -0.05) is 53.8 Å². The van der Waals surface area contributed by atoms with Crippen LogP contribution in [-0.2, 0) is 9.59 Å². The van der Waals surface area contributed by atoms with Crippen LogP contribution in [0.1, 0.15) is 29.1 Å². The molecule has 2 heterocycles. The van der Waals surface area contributed by atoms with Crippen molar-refractivity contribution < 1.29 is 24.2 Å². The van der Waals surface area contributed by atoms with E-state index < -0.39 is 23.5 Å². The van der Waals surface area contributed by atoms with Gasteiger partial charge in [0.25, 0.3) is 5.91 Å². The molecule has 1 aliphatic rings. The molecular weight excluding hydrogens is 454 g/mol. The van der Waals surface area contributed by atoms with Crippen LogP contribution in [-0.4, -0.2) is 40.7 Å². The van der Waals surface area contributed by atoms with Crippen LogP contribution in [0.2, 0.25) is 0 Å². The normalized spacial score (nSPS) is 15.9. The Balaban J connectivity index is 1.81. The zero-order chi connectivity index (χ0) is 24.2. The number of hydrogen-bond donors (Lipinski definition) is 1. The van der Waals surface area contributed by atoms with Crippen molar-refractivity contribution in [1.29, 1.82) is 0 Å². The van der Waals surface area contributed by atoms with Gasteiger partial charge < -0.3 is 14.6 Å². The number of nitrogens with zero attached hydrogens (tertiary/aromatic N) is 3. The van der Waals surface area contributed by atoms with E-state index in [1.165, 1.54) is 29.4 Å². The van der Waals surface area contributed by atoms with E-state index in [9.17, 15) is 14.7 Å². The predicted molar refractivity (Wildman–Crippen MR) is 129 cm³/mol. The molecule has 1 N–H and O–H groups in total. The lowest BCUT2D eigenvalue weighted by Crippen LogP contribution is -2.30. The number of carbonyl (C=O) groups is 2. The van der Waals surface area contributed by atoms with E-state index in [0.29, 0.717) is 28.7 Å². The Labute approximate surface area is 200 Å². The van der Waals surface area contributed by atoms with Crippen LogP contribution in [0.3, 0.4) is 0 Å². The summed E-state index contributed by atoms with van der Waals surface area (Å²) in [7, 11) is 1.51. The number of methoxy groups -OCH3 is 1. The third kappa shape index (κ3) is 4.42. The van der Waals surface area contributed by atoms with Gasteiger partial charge in [0.05, 0.1) is 25.3 Å². The first-order chi connectivity index (χ1) is 16.4. The lowest BCUT2D eigenvalue weighted by atomic mass is 9.95. The average Bonchev–Trinajstić information content (AvgIpc) is 3.39. The fourth-order valence-corrected chi connectivity index (χ4v) is 4.42. The van der Waals surface area contributed by atoms with Crippen molar-refractivity contribution in [2.45, 2.75) is 19.9 Å². The fourth-order valence-electron chi connectivity index (χ4n) is 3.71. The second kappa shape index (κ2) is 9.88. The van der Waals surface area contributed by atoms with Gasteiger partial charge in [-0.2, -0.15) is 0 Å². The van der Waals surface area contributed by atoms with E-state index in [4.69, 9.17) is 9.47 Å². The highest BCUT2D eigenvalue weighted by Crippen LogP contribution is 2.44. The summed E-state index contributed by atoms with van der Waals surface area (Å²) >= 11 is 1.19. The Hall–Kier alpha value is -3.98. The molecule has 1 atom stereocenters. The van der Waals surface area contributed by atoms with E-state index in [0.717, 1.165) is 5.56 Å². The Morgan fingerprint density at radius 2 is 1.94 bits per heavy atom. The van der Waals surface area contributed by atoms with Gasteiger partial charge in [-0.05, 0) is 43.2 Å². The summed E-state index contributed by atoms with van der Waals surface area (Å²) in [5.74, 6) is -0.852. The number of hydrogen-bond acceptors (Lipinski definition) is 8. The molecule has 4 rings (SSSR count). The minimum atomic E-state index is -0.919. The largest absolute Gasteiger partial charge is 0.503 e. The second-order valence-corrected chi connectivity index (χ2v) is 8.56. The van der Waals surface area contributed by atoms with Crippen molar-refractivity contribution in [3.63, 3.8) is 0 Å². The number of carbonyl (C=O) groups excluding carboxylic acids is 2. The molecule has 34 heavy (non-hydrogen) atoms. The zero-order valence-electron chi connectivity index (χ0n) is 18.9. The minimum Gasteiger partial charge on any atom is -0.503 e. The number of aliphatic hydroxyl groups is 1. The third-order valence-electron chi connectivity index (χ3n) is 5.23. The standard InChI is InChI=1S/C25H23N3O5S/c1-4-33-19-13-11-17(14-20(19)32-3)22-21(18(29)12-10-16-8-6-5-7-9-16)23(30)24(31)28(22)25-27-26-15(2)34-25/h5-14,22,30H,4H2,1-3H3.